The fraction of sp³-hybridized carbons (Fsp3) is 0.467. The molecule has 1 atom stereocenters. The minimum Gasteiger partial charge on any atom is -0.496 e. The maximum atomic E-state index is 12.1. The first-order valence-electron chi connectivity index (χ1n) is 6.47. The number of rotatable bonds is 5. The van der Waals surface area contributed by atoms with Gasteiger partial charge >= 0.3 is 5.97 Å². The maximum absolute atomic E-state index is 12.1. The average Bonchev–Trinajstić information content (AvgIpc) is 2.43. The van der Waals surface area contributed by atoms with Crippen molar-refractivity contribution < 1.29 is 24.2 Å². The average molecular weight is 295 g/mol. The van der Waals surface area contributed by atoms with E-state index in [1.54, 1.807) is 19.2 Å². The molecule has 21 heavy (non-hydrogen) atoms. The van der Waals surface area contributed by atoms with Gasteiger partial charge in [-0.05, 0) is 44.0 Å². The van der Waals surface area contributed by atoms with Gasteiger partial charge in [0.05, 0.1) is 20.8 Å². The number of carbonyl (C=O) groups is 2. The van der Waals surface area contributed by atoms with Crippen LogP contribution in [-0.2, 0) is 9.53 Å². The Labute approximate surface area is 124 Å². The fourth-order valence-corrected chi connectivity index (χ4v) is 2.05. The Balaban J connectivity index is 2.84. The summed E-state index contributed by atoms with van der Waals surface area (Å²) in [4.78, 5) is 23.4. The van der Waals surface area contributed by atoms with Gasteiger partial charge in [-0.15, -0.1) is 0 Å². The predicted octanol–water partition coefficient (Wildman–Crippen LogP) is 0.966. The van der Waals surface area contributed by atoms with E-state index in [1.807, 2.05) is 13.8 Å². The minimum absolute atomic E-state index is 0.234. The van der Waals surface area contributed by atoms with E-state index >= 15 is 0 Å². The standard InChI is InChI=1S/C15H21NO5/c1-9-6-11(7-10(2)12(9)20-4)13(17)16-8-15(3,19)14(18)21-5/h6-7,19H,8H2,1-5H3,(H,16,17)/t15-/m0/s1. The number of amides is 1. The molecule has 0 heterocycles. The van der Waals surface area contributed by atoms with Gasteiger partial charge in [0, 0.05) is 5.56 Å². The van der Waals surface area contributed by atoms with E-state index in [0.29, 0.717) is 5.56 Å². The van der Waals surface area contributed by atoms with Crippen molar-refractivity contribution in [2.45, 2.75) is 26.4 Å². The molecule has 1 rings (SSSR count). The van der Waals surface area contributed by atoms with Gasteiger partial charge in [0.1, 0.15) is 5.75 Å². The number of aliphatic hydroxyl groups is 1. The second-order valence-electron chi connectivity index (χ2n) is 5.09. The van der Waals surface area contributed by atoms with Crippen LogP contribution in [0.15, 0.2) is 12.1 Å². The molecule has 0 fully saturated rings. The van der Waals surface area contributed by atoms with E-state index in [4.69, 9.17) is 4.74 Å². The lowest BCUT2D eigenvalue weighted by molar-refractivity contribution is -0.159. The Hall–Kier alpha value is -2.08. The van der Waals surface area contributed by atoms with Crippen molar-refractivity contribution in [2.24, 2.45) is 0 Å². The van der Waals surface area contributed by atoms with Crippen molar-refractivity contribution in [1.29, 1.82) is 0 Å². The van der Waals surface area contributed by atoms with Crippen molar-refractivity contribution in [3.63, 3.8) is 0 Å². The quantitative estimate of drug-likeness (QED) is 0.791. The first-order valence-corrected chi connectivity index (χ1v) is 6.47. The highest BCUT2D eigenvalue weighted by Crippen LogP contribution is 2.24. The number of esters is 1. The van der Waals surface area contributed by atoms with E-state index in [0.717, 1.165) is 16.9 Å². The van der Waals surface area contributed by atoms with Crippen LogP contribution in [-0.4, -0.2) is 43.3 Å². The lowest BCUT2D eigenvalue weighted by Crippen LogP contribution is -2.47. The van der Waals surface area contributed by atoms with E-state index in [9.17, 15) is 14.7 Å². The normalized spacial score (nSPS) is 13.2. The van der Waals surface area contributed by atoms with Crippen molar-refractivity contribution >= 4 is 11.9 Å². The summed E-state index contributed by atoms with van der Waals surface area (Å²) in [7, 11) is 2.75. The summed E-state index contributed by atoms with van der Waals surface area (Å²) in [6.07, 6.45) is 0. The van der Waals surface area contributed by atoms with Crippen LogP contribution in [0.5, 0.6) is 5.75 Å². The van der Waals surface area contributed by atoms with Gasteiger partial charge in [-0.1, -0.05) is 0 Å². The summed E-state index contributed by atoms with van der Waals surface area (Å²) >= 11 is 0. The summed E-state index contributed by atoms with van der Waals surface area (Å²) in [5.74, 6) is -0.453. The Morgan fingerprint density at radius 2 is 1.76 bits per heavy atom. The van der Waals surface area contributed by atoms with Crippen molar-refractivity contribution in [2.75, 3.05) is 20.8 Å². The molecular formula is C15H21NO5. The molecule has 0 saturated carbocycles. The molecule has 0 aliphatic rings. The summed E-state index contributed by atoms with van der Waals surface area (Å²) in [5.41, 5.74) is 0.345. The van der Waals surface area contributed by atoms with E-state index in [-0.39, 0.29) is 12.5 Å². The zero-order valence-electron chi connectivity index (χ0n) is 12.9. The maximum Gasteiger partial charge on any atom is 0.339 e. The molecule has 1 aromatic rings. The third-order valence-corrected chi connectivity index (χ3v) is 3.14. The summed E-state index contributed by atoms with van der Waals surface area (Å²) in [6, 6.07) is 3.38. The molecule has 0 aliphatic heterocycles. The molecule has 6 nitrogen and oxygen atoms in total. The molecule has 0 aliphatic carbocycles. The van der Waals surface area contributed by atoms with Crippen molar-refractivity contribution in [1.82, 2.24) is 5.32 Å². The lowest BCUT2D eigenvalue weighted by Gasteiger charge is -2.20. The molecule has 0 aromatic heterocycles. The molecule has 1 aromatic carbocycles. The molecule has 1 amide bonds. The van der Waals surface area contributed by atoms with Crippen LogP contribution in [0.25, 0.3) is 0 Å². The number of nitrogens with one attached hydrogen (secondary N) is 1. The molecule has 0 radical (unpaired) electrons. The van der Waals surface area contributed by atoms with E-state index < -0.39 is 11.6 Å². The number of benzene rings is 1. The highest BCUT2D eigenvalue weighted by molar-refractivity contribution is 5.95. The van der Waals surface area contributed by atoms with Crippen LogP contribution in [0.2, 0.25) is 0 Å². The number of carbonyl (C=O) groups excluding carboxylic acids is 2. The summed E-state index contributed by atoms with van der Waals surface area (Å²) in [5, 5.41) is 12.4. The topological polar surface area (TPSA) is 84.9 Å². The number of hydrogen-bond donors (Lipinski definition) is 2. The first-order chi connectivity index (χ1) is 9.72. The van der Waals surface area contributed by atoms with Crippen LogP contribution in [0.4, 0.5) is 0 Å². The molecule has 6 heteroatoms. The van der Waals surface area contributed by atoms with E-state index in [1.165, 1.54) is 14.0 Å². The number of aryl methyl sites for hydroxylation is 2. The van der Waals surface area contributed by atoms with Gasteiger partial charge in [-0.25, -0.2) is 4.79 Å². The minimum atomic E-state index is -1.76. The van der Waals surface area contributed by atoms with Gasteiger partial charge in [0.25, 0.3) is 5.91 Å². The number of methoxy groups -OCH3 is 2. The van der Waals surface area contributed by atoms with Gasteiger partial charge in [0.2, 0.25) is 0 Å². The summed E-state index contributed by atoms with van der Waals surface area (Å²) in [6.45, 7) is 4.73. The molecule has 2 N–H and O–H groups in total. The van der Waals surface area contributed by atoms with Gasteiger partial charge in [-0.3, -0.25) is 4.79 Å². The molecule has 116 valence electrons. The van der Waals surface area contributed by atoms with E-state index in [2.05, 4.69) is 10.1 Å². The highest BCUT2D eigenvalue weighted by atomic mass is 16.5. The number of ether oxygens (including phenoxy) is 2. The van der Waals surface area contributed by atoms with Gasteiger partial charge in [-0.2, -0.15) is 0 Å². The SMILES string of the molecule is COC(=O)[C@@](C)(O)CNC(=O)c1cc(C)c(OC)c(C)c1. The van der Waals surface area contributed by atoms with Crippen LogP contribution in [0.3, 0.4) is 0 Å². The third-order valence-electron chi connectivity index (χ3n) is 3.14. The molecular weight excluding hydrogens is 274 g/mol. The molecule has 0 bridgehead atoms. The molecule has 0 saturated heterocycles. The monoisotopic (exact) mass is 295 g/mol. The third kappa shape index (κ3) is 3.95. The highest BCUT2D eigenvalue weighted by Gasteiger charge is 2.32. The Morgan fingerprint density at radius 1 is 1.24 bits per heavy atom. The van der Waals surface area contributed by atoms with Crippen molar-refractivity contribution in [3.05, 3.63) is 28.8 Å². The fourth-order valence-electron chi connectivity index (χ4n) is 2.05. The largest absolute Gasteiger partial charge is 0.496 e. The van der Waals surface area contributed by atoms with Crippen molar-refractivity contribution in [3.8, 4) is 5.75 Å². The van der Waals surface area contributed by atoms with Crippen LogP contribution in [0.1, 0.15) is 28.4 Å². The van der Waals surface area contributed by atoms with Crippen LogP contribution >= 0.6 is 0 Å². The Bertz CT molecular complexity index is 528. The Kier molecular flexibility index (Phi) is 5.32. The summed E-state index contributed by atoms with van der Waals surface area (Å²) < 4.78 is 9.70. The van der Waals surface area contributed by atoms with Gasteiger partial charge < -0.3 is 19.9 Å². The lowest BCUT2D eigenvalue weighted by atomic mass is 10.0. The first kappa shape index (κ1) is 17.0. The number of hydrogen-bond acceptors (Lipinski definition) is 5. The molecule has 0 spiro atoms. The molecule has 0 unspecified atom stereocenters. The van der Waals surface area contributed by atoms with Gasteiger partial charge in [0.15, 0.2) is 5.60 Å². The smallest absolute Gasteiger partial charge is 0.339 e. The second-order valence-corrected chi connectivity index (χ2v) is 5.09. The van der Waals surface area contributed by atoms with Crippen LogP contribution in [0, 0.1) is 13.8 Å². The van der Waals surface area contributed by atoms with Crippen LogP contribution < -0.4 is 10.1 Å². The second kappa shape index (κ2) is 6.58. The zero-order chi connectivity index (χ0) is 16.2. The Morgan fingerprint density at radius 3 is 2.19 bits per heavy atom. The zero-order valence-corrected chi connectivity index (χ0v) is 12.9. The predicted molar refractivity (Wildman–Crippen MR) is 77.4 cm³/mol.